The molecule has 2 aliphatic heterocycles. The normalized spacial score (nSPS) is 32.8. The largest absolute Gasteiger partial charge is 0.459 e. The van der Waals surface area contributed by atoms with Crippen LogP contribution in [0.2, 0.25) is 0 Å². The van der Waals surface area contributed by atoms with Crippen molar-refractivity contribution in [2.75, 3.05) is 6.54 Å². The zero-order valence-electron chi connectivity index (χ0n) is 31.8. The van der Waals surface area contributed by atoms with Crippen molar-refractivity contribution in [2.45, 2.75) is 126 Å². The number of carbonyl (C=O) groups is 4. The van der Waals surface area contributed by atoms with E-state index in [-0.39, 0.29) is 49.3 Å². The van der Waals surface area contributed by atoms with Crippen molar-refractivity contribution in [3.05, 3.63) is 58.9 Å². The molecule has 3 N–H and O–H groups in total. The number of nitrogens with zero attached hydrogens (tertiary/aromatic N) is 3. The number of fused-ring (bicyclic) bond motifs is 5. The Labute approximate surface area is 325 Å². The summed E-state index contributed by atoms with van der Waals surface area (Å²) in [5.41, 5.74) is -1.20. The monoisotopic (exact) mass is 790 g/mol. The first-order valence-corrected chi connectivity index (χ1v) is 21.4. The van der Waals surface area contributed by atoms with Crippen molar-refractivity contribution in [3.63, 3.8) is 0 Å². The van der Waals surface area contributed by atoms with Crippen LogP contribution in [0.5, 0.6) is 6.01 Å². The number of sulfonamides is 1. The molecule has 16 heteroatoms. The molecule has 0 radical (unpaired) electrons. The van der Waals surface area contributed by atoms with Gasteiger partial charge in [-0.3, -0.25) is 28.5 Å². The second-order valence-electron chi connectivity index (χ2n) is 16.8. The van der Waals surface area contributed by atoms with Crippen LogP contribution < -0.4 is 25.7 Å². The molecule has 4 aliphatic carbocycles. The summed E-state index contributed by atoms with van der Waals surface area (Å²) in [7, 11) is -3.92. The maximum atomic E-state index is 14.8. The van der Waals surface area contributed by atoms with Gasteiger partial charge in [0.1, 0.15) is 29.3 Å². The third-order valence-corrected chi connectivity index (χ3v) is 14.5. The number of carbonyl (C=O) groups excluding carboxylic acids is 4. The van der Waals surface area contributed by atoms with Crippen molar-refractivity contribution < 1.29 is 37.1 Å². The molecule has 0 spiro atoms. The number of aromatic nitrogens is 2. The fourth-order valence-corrected chi connectivity index (χ4v) is 10.2. The van der Waals surface area contributed by atoms with Gasteiger partial charge in [0.25, 0.3) is 17.5 Å². The lowest BCUT2D eigenvalue weighted by atomic mass is 9.96. The summed E-state index contributed by atoms with van der Waals surface area (Å²) in [6, 6.07) is 3.24. The molecule has 2 bridgehead atoms. The molecule has 2 aromatic rings. The summed E-state index contributed by atoms with van der Waals surface area (Å²) < 4.78 is 41.6. The van der Waals surface area contributed by atoms with Gasteiger partial charge in [0.2, 0.25) is 21.8 Å². The highest BCUT2D eigenvalue weighted by Gasteiger charge is 2.62. The van der Waals surface area contributed by atoms with Crippen LogP contribution in [0.4, 0.5) is 4.79 Å². The van der Waals surface area contributed by atoms with Gasteiger partial charge in [0.05, 0.1) is 22.7 Å². The molecule has 1 aromatic carbocycles. The fraction of sp³-hybridized carbons (Fsp3) is 0.600. The molecular weight excluding hydrogens is 741 g/mol. The number of amides is 4. The summed E-state index contributed by atoms with van der Waals surface area (Å²) in [6.07, 6.45) is 10.1. The fourth-order valence-electron chi connectivity index (χ4n) is 8.88. The first kappa shape index (κ1) is 38.2. The van der Waals surface area contributed by atoms with Crippen LogP contribution in [-0.2, 0) is 35.7 Å². The van der Waals surface area contributed by atoms with E-state index in [1.165, 1.54) is 15.5 Å². The minimum atomic E-state index is -3.92. The Morgan fingerprint density at radius 2 is 1.84 bits per heavy atom. The van der Waals surface area contributed by atoms with Gasteiger partial charge in [0, 0.05) is 24.8 Å². The van der Waals surface area contributed by atoms with Crippen molar-refractivity contribution in [1.29, 1.82) is 0 Å². The summed E-state index contributed by atoms with van der Waals surface area (Å²) in [6.45, 7) is 7.65. The molecule has 3 heterocycles. The van der Waals surface area contributed by atoms with Crippen LogP contribution in [0.1, 0.15) is 83.1 Å². The van der Waals surface area contributed by atoms with E-state index in [1.54, 1.807) is 12.1 Å². The van der Waals surface area contributed by atoms with Gasteiger partial charge in [-0.25, -0.2) is 13.2 Å². The van der Waals surface area contributed by atoms with Gasteiger partial charge in [-0.2, -0.15) is 4.98 Å². The minimum absolute atomic E-state index is 0.0342. The highest BCUT2D eigenvalue weighted by Crippen LogP contribution is 2.50. The molecule has 6 aliphatic rings. The number of aryl methyl sites for hydroxylation is 1. The molecule has 8 rings (SSSR count). The van der Waals surface area contributed by atoms with E-state index >= 15 is 0 Å². The van der Waals surface area contributed by atoms with E-state index in [0.717, 1.165) is 24.8 Å². The number of alkyl carbamates (subject to hydrolysis) is 1. The number of ether oxygens (including phenoxy) is 2. The van der Waals surface area contributed by atoms with Crippen LogP contribution in [-0.4, -0.2) is 87.8 Å². The quantitative estimate of drug-likeness (QED) is 0.351. The average Bonchev–Trinajstić information content (AvgIpc) is 4.10. The van der Waals surface area contributed by atoms with E-state index in [4.69, 9.17) is 14.5 Å². The third kappa shape index (κ3) is 7.32. The zero-order valence-corrected chi connectivity index (χ0v) is 32.6. The van der Waals surface area contributed by atoms with Crippen LogP contribution >= 0.6 is 0 Å². The first-order valence-electron chi connectivity index (χ1n) is 19.8. The third-order valence-electron chi connectivity index (χ3n) is 12.7. The standard InChI is InChI=1S/C40H50N6O9S/c1-4-25-21-40(25,36(50)44-56(52,53)28-14-15-28)43-33(47)31-19-27-22-46(31)35(49)32(24-10-7-8-11-24)42-38(51)55-39(3)20-26(39)12-6-5-9-17-45-34(48)29-16-13-23(2)18-30(29)41-37(45)54-27/h4-5,9,13,16,18,24-28,31-32H,1,6-8,10-12,14-15,17,19-22H2,2-3H3,(H,42,51)(H,43,47)(H,44,50)/b9-5+/t25-,26-,27-,31+,32+,39-,40-/m1/s1. The van der Waals surface area contributed by atoms with Crippen LogP contribution in [0.25, 0.3) is 10.9 Å². The molecule has 56 heavy (non-hydrogen) atoms. The number of rotatable bonds is 7. The number of hydrogen-bond acceptors (Lipinski definition) is 10. The maximum Gasteiger partial charge on any atom is 0.408 e. The Morgan fingerprint density at radius 1 is 1.07 bits per heavy atom. The smallest absolute Gasteiger partial charge is 0.408 e. The topological polar surface area (TPSA) is 195 Å². The van der Waals surface area contributed by atoms with Gasteiger partial charge in [0.15, 0.2) is 0 Å². The second kappa shape index (κ2) is 14.3. The van der Waals surface area contributed by atoms with Crippen LogP contribution in [0.15, 0.2) is 47.8 Å². The van der Waals surface area contributed by atoms with Crippen LogP contribution in [0, 0.1) is 24.7 Å². The van der Waals surface area contributed by atoms with E-state index in [9.17, 15) is 32.4 Å². The van der Waals surface area contributed by atoms with Gasteiger partial charge < -0.3 is 25.0 Å². The van der Waals surface area contributed by atoms with E-state index < -0.39 is 74.3 Å². The molecule has 5 fully saturated rings. The number of benzene rings is 1. The van der Waals surface area contributed by atoms with Gasteiger partial charge in [-0.1, -0.05) is 37.1 Å². The average molecular weight is 791 g/mol. The van der Waals surface area contributed by atoms with E-state index in [2.05, 4.69) is 21.9 Å². The van der Waals surface area contributed by atoms with Gasteiger partial charge in [-0.15, -0.1) is 6.58 Å². The van der Waals surface area contributed by atoms with E-state index in [1.807, 2.05) is 32.1 Å². The minimum Gasteiger partial charge on any atom is -0.459 e. The molecule has 4 amide bonds. The second-order valence-corrected chi connectivity index (χ2v) is 18.8. The van der Waals surface area contributed by atoms with Gasteiger partial charge in [-0.05, 0) is 88.8 Å². The predicted molar refractivity (Wildman–Crippen MR) is 205 cm³/mol. The van der Waals surface area contributed by atoms with Crippen molar-refractivity contribution in [3.8, 4) is 6.01 Å². The predicted octanol–water partition coefficient (Wildman–Crippen LogP) is 3.14. The van der Waals surface area contributed by atoms with Crippen molar-refractivity contribution in [2.24, 2.45) is 17.8 Å². The molecule has 4 saturated carbocycles. The molecule has 1 saturated heterocycles. The number of nitrogens with one attached hydrogen (secondary N) is 3. The van der Waals surface area contributed by atoms with Crippen molar-refractivity contribution in [1.82, 2.24) is 29.8 Å². The number of allylic oxidation sites excluding steroid dienone is 2. The highest BCUT2D eigenvalue weighted by atomic mass is 32.2. The zero-order chi connectivity index (χ0) is 39.6. The van der Waals surface area contributed by atoms with Crippen molar-refractivity contribution >= 4 is 44.7 Å². The Kier molecular flexibility index (Phi) is 9.77. The Bertz CT molecular complexity index is 2180. The summed E-state index contributed by atoms with van der Waals surface area (Å²) >= 11 is 0. The molecule has 1 aromatic heterocycles. The Morgan fingerprint density at radius 3 is 2.55 bits per heavy atom. The molecule has 300 valence electrons. The first-order chi connectivity index (χ1) is 26.7. The number of hydrogen-bond donors (Lipinski definition) is 3. The molecule has 0 unspecified atom stereocenters. The molecular formula is C40H50N6O9S. The van der Waals surface area contributed by atoms with E-state index in [0.29, 0.717) is 49.4 Å². The lowest BCUT2D eigenvalue weighted by Crippen LogP contribution is -2.59. The Balaban J connectivity index is 1.15. The highest BCUT2D eigenvalue weighted by molar-refractivity contribution is 7.91. The SMILES string of the molecule is C=C[C@@H]1C[C@]1(NC(=O)[C@@H]1C[C@@H]2CN1C(=O)[C@H](C1CCCC1)NC(=O)O[C@]1(C)C[C@H]1CC/C=C/Cn1c(nc3cc(C)ccc3c1=O)O2)C(=O)NS(=O)(=O)C1CC1. The van der Waals surface area contributed by atoms with Gasteiger partial charge >= 0.3 is 6.09 Å². The molecule has 7 atom stereocenters. The lowest BCUT2D eigenvalue weighted by molar-refractivity contribution is -0.142. The molecule has 15 nitrogen and oxygen atoms in total. The van der Waals surface area contributed by atoms with Crippen LogP contribution in [0.3, 0.4) is 0 Å². The Hall–Kier alpha value is -4.73. The maximum absolute atomic E-state index is 14.8. The lowest BCUT2D eigenvalue weighted by Gasteiger charge is -2.32. The summed E-state index contributed by atoms with van der Waals surface area (Å²) in [5, 5.41) is 5.47. The summed E-state index contributed by atoms with van der Waals surface area (Å²) in [4.78, 5) is 76.4. The summed E-state index contributed by atoms with van der Waals surface area (Å²) in [5.74, 6) is -2.64.